The van der Waals surface area contributed by atoms with E-state index < -0.39 is 0 Å². The lowest BCUT2D eigenvalue weighted by Crippen LogP contribution is -2.31. The molecule has 2 aromatic carbocycles. The van der Waals surface area contributed by atoms with Gasteiger partial charge in [0.2, 0.25) is 0 Å². The standard InChI is InChI=1S/C19H21NO3/c21-19(20-13-18-7-4-12-22-18)16-8-10-17(11-9-16)23-14-15-5-2-1-3-6-15/h1-3,5-6,8-11,18H,4,7,12-14H2,(H,20,21)/t18-/m0/s1. The van der Waals surface area contributed by atoms with Gasteiger partial charge in [0, 0.05) is 18.7 Å². The van der Waals surface area contributed by atoms with Crippen molar-refractivity contribution in [3.8, 4) is 5.75 Å². The predicted molar refractivity (Wildman–Crippen MR) is 88.5 cm³/mol. The molecule has 3 rings (SSSR count). The molecule has 0 spiro atoms. The molecule has 0 bridgehead atoms. The minimum Gasteiger partial charge on any atom is -0.489 e. The largest absolute Gasteiger partial charge is 0.489 e. The summed E-state index contributed by atoms with van der Waals surface area (Å²) in [7, 11) is 0. The minimum atomic E-state index is -0.0740. The van der Waals surface area contributed by atoms with E-state index in [-0.39, 0.29) is 12.0 Å². The van der Waals surface area contributed by atoms with Crippen LogP contribution >= 0.6 is 0 Å². The quantitative estimate of drug-likeness (QED) is 0.891. The monoisotopic (exact) mass is 311 g/mol. The number of carbonyl (C=O) groups is 1. The molecule has 1 aliphatic heterocycles. The van der Waals surface area contributed by atoms with Gasteiger partial charge in [-0.3, -0.25) is 4.79 Å². The molecule has 120 valence electrons. The Bertz CT molecular complexity index is 619. The Balaban J connectivity index is 1.49. The second kappa shape index (κ2) is 7.79. The molecule has 0 aliphatic carbocycles. The van der Waals surface area contributed by atoms with Crippen LogP contribution in [0.4, 0.5) is 0 Å². The van der Waals surface area contributed by atoms with Crippen molar-refractivity contribution in [1.29, 1.82) is 0 Å². The van der Waals surface area contributed by atoms with Crippen LogP contribution in [-0.4, -0.2) is 25.2 Å². The molecule has 0 aromatic heterocycles. The van der Waals surface area contributed by atoms with Crippen molar-refractivity contribution in [3.05, 3.63) is 65.7 Å². The van der Waals surface area contributed by atoms with E-state index in [1.807, 2.05) is 42.5 Å². The molecule has 4 heteroatoms. The lowest BCUT2D eigenvalue weighted by atomic mass is 10.2. The lowest BCUT2D eigenvalue weighted by Gasteiger charge is -2.11. The maximum atomic E-state index is 12.1. The molecule has 1 fully saturated rings. The van der Waals surface area contributed by atoms with Gasteiger partial charge in [-0.2, -0.15) is 0 Å². The van der Waals surface area contributed by atoms with Crippen LogP contribution in [0.25, 0.3) is 0 Å². The molecule has 1 amide bonds. The van der Waals surface area contributed by atoms with E-state index in [0.717, 1.165) is 30.8 Å². The van der Waals surface area contributed by atoms with Crippen LogP contribution in [0.2, 0.25) is 0 Å². The van der Waals surface area contributed by atoms with E-state index in [1.165, 1.54) is 0 Å². The smallest absolute Gasteiger partial charge is 0.251 e. The van der Waals surface area contributed by atoms with Crippen molar-refractivity contribution in [2.24, 2.45) is 0 Å². The molecule has 1 atom stereocenters. The van der Waals surface area contributed by atoms with Gasteiger partial charge in [-0.15, -0.1) is 0 Å². The molecule has 4 nitrogen and oxygen atoms in total. The van der Waals surface area contributed by atoms with Crippen LogP contribution in [0.1, 0.15) is 28.8 Å². The highest BCUT2D eigenvalue weighted by Crippen LogP contribution is 2.15. The molecule has 0 saturated carbocycles. The fourth-order valence-corrected chi connectivity index (χ4v) is 2.56. The summed E-state index contributed by atoms with van der Waals surface area (Å²) in [4.78, 5) is 12.1. The second-order valence-electron chi connectivity index (χ2n) is 5.64. The van der Waals surface area contributed by atoms with Crippen molar-refractivity contribution in [2.75, 3.05) is 13.2 Å². The van der Waals surface area contributed by atoms with Crippen molar-refractivity contribution in [3.63, 3.8) is 0 Å². The van der Waals surface area contributed by atoms with Gasteiger partial charge in [-0.1, -0.05) is 30.3 Å². The molecule has 2 aromatic rings. The van der Waals surface area contributed by atoms with E-state index in [9.17, 15) is 4.79 Å². The van der Waals surface area contributed by atoms with Gasteiger partial charge in [-0.25, -0.2) is 0 Å². The van der Waals surface area contributed by atoms with Crippen molar-refractivity contribution < 1.29 is 14.3 Å². The van der Waals surface area contributed by atoms with Gasteiger partial charge >= 0.3 is 0 Å². The summed E-state index contributed by atoms with van der Waals surface area (Å²) in [5.41, 5.74) is 1.75. The predicted octanol–water partition coefficient (Wildman–Crippen LogP) is 3.17. The average molecular weight is 311 g/mol. The second-order valence-corrected chi connectivity index (χ2v) is 5.64. The molecule has 23 heavy (non-hydrogen) atoms. The van der Waals surface area contributed by atoms with Gasteiger partial charge < -0.3 is 14.8 Å². The molecular formula is C19H21NO3. The van der Waals surface area contributed by atoms with Crippen LogP contribution in [0.3, 0.4) is 0 Å². The molecule has 1 heterocycles. The molecule has 0 unspecified atom stereocenters. The maximum absolute atomic E-state index is 12.1. The zero-order valence-electron chi connectivity index (χ0n) is 13.0. The number of hydrogen-bond acceptors (Lipinski definition) is 3. The Morgan fingerprint density at radius 3 is 2.61 bits per heavy atom. The Hall–Kier alpha value is -2.33. The first-order valence-corrected chi connectivity index (χ1v) is 7.98. The number of hydrogen-bond donors (Lipinski definition) is 1. The molecule has 1 N–H and O–H groups in total. The van der Waals surface area contributed by atoms with Crippen LogP contribution in [0, 0.1) is 0 Å². The van der Waals surface area contributed by atoms with Gasteiger partial charge in [0.15, 0.2) is 0 Å². The summed E-state index contributed by atoms with van der Waals surface area (Å²) in [5, 5.41) is 2.91. The van der Waals surface area contributed by atoms with Crippen LogP contribution in [0.5, 0.6) is 5.75 Å². The van der Waals surface area contributed by atoms with E-state index in [4.69, 9.17) is 9.47 Å². The zero-order valence-corrected chi connectivity index (χ0v) is 13.0. The highest BCUT2D eigenvalue weighted by atomic mass is 16.5. The molecule has 1 aliphatic rings. The van der Waals surface area contributed by atoms with E-state index >= 15 is 0 Å². The number of benzene rings is 2. The highest BCUT2D eigenvalue weighted by molar-refractivity contribution is 5.94. The third kappa shape index (κ3) is 4.57. The van der Waals surface area contributed by atoms with E-state index in [0.29, 0.717) is 18.7 Å². The van der Waals surface area contributed by atoms with Crippen LogP contribution in [0.15, 0.2) is 54.6 Å². The van der Waals surface area contributed by atoms with Gasteiger partial charge in [0.1, 0.15) is 12.4 Å². The lowest BCUT2D eigenvalue weighted by molar-refractivity contribution is 0.0857. The Kier molecular flexibility index (Phi) is 5.27. The number of nitrogens with one attached hydrogen (secondary N) is 1. The maximum Gasteiger partial charge on any atom is 0.251 e. The number of rotatable bonds is 6. The van der Waals surface area contributed by atoms with Crippen molar-refractivity contribution in [1.82, 2.24) is 5.32 Å². The summed E-state index contributed by atoms with van der Waals surface area (Å²) >= 11 is 0. The first-order valence-electron chi connectivity index (χ1n) is 7.98. The van der Waals surface area contributed by atoms with Crippen LogP contribution in [-0.2, 0) is 11.3 Å². The summed E-state index contributed by atoms with van der Waals surface area (Å²) in [5.74, 6) is 0.680. The first kappa shape index (κ1) is 15.6. The summed E-state index contributed by atoms with van der Waals surface area (Å²) < 4.78 is 11.2. The third-order valence-electron chi connectivity index (χ3n) is 3.88. The summed E-state index contributed by atoms with van der Waals surface area (Å²) in [6, 6.07) is 17.2. The fraction of sp³-hybridized carbons (Fsp3) is 0.316. The van der Waals surface area contributed by atoms with Gasteiger partial charge in [0.05, 0.1) is 6.10 Å². The number of ether oxygens (including phenoxy) is 2. The molecular weight excluding hydrogens is 290 g/mol. The molecule has 0 radical (unpaired) electrons. The minimum absolute atomic E-state index is 0.0740. The SMILES string of the molecule is O=C(NC[C@@H]1CCCO1)c1ccc(OCc2ccccc2)cc1. The average Bonchev–Trinajstić information content (AvgIpc) is 3.13. The van der Waals surface area contributed by atoms with E-state index in [2.05, 4.69) is 5.32 Å². The third-order valence-corrected chi connectivity index (χ3v) is 3.88. The highest BCUT2D eigenvalue weighted by Gasteiger charge is 2.16. The van der Waals surface area contributed by atoms with E-state index in [1.54, 1.807) is 12.1 Å². The number of amides is 1. The Morgan fingerprint density at radius 2 is 1.91 bits per heavy atom. The van der Waals surface area contributed by atoms with Crippen molar-refractivity contribution in [2.45, 2.75) is 25.6 Å². The van der Waals surface area contributed by atoms with Crippen molar-refractivity contribution >= 4 is 5.91 Å². The van der Waals surface area contributed by atoms with Crippen LogP contribution < -0.4 is 10.1 Å². The zero-order chi connectivity index (χ0) is 15.9. The Labute approximate surface area is 136 Å². The Morgan fingerprint density at radius 1 is 1.13 bits per heavy atom. The number of carbonyl (C=O) groups excluding carboxylic acids is 1. The summed E-state index contributed by atoms with van der Waals surface area (Å²) in [6.45, 7) is 1.89. The van der Waals surface area contributed by atoms with Gasteiger partial charge in [-0.05, 0) is 42.7 Å². The first-order chi connectivity index (χ1) is 11.3. The normalized spacial score (nSPS) is 17.0. The van der Waals surface area contributed by atoms with Gasteiger partial charge in [0.25, 0.3) is 5.91 Å². The summed E-state index contributed by atoms with van der Waals surface area (Å²) in [6.07, 6.45) is 2.26. The topological polar surface area (TPSA) is 47.6 Å². The molecule has 1 saturated heterocycles. The fourth-order valence-electron chi connectivity index (χ4n) is 2.56.